The highest BCUT2D eigenvalue weighted by Crippen LogP contribution is 2.41. The van der Waals surface area contributed by atoms with Crippen molar-refractivity contribution in [1.29, 1.82) is 0 Å². The first-order chi connectivity index (χ1) is 22.7. The lowest BCUT2D eigenvalue weighted by Crippen LogP contribution is -2.21. The van der Waals surface area contributed by atoms with Crippen LogP contribution >= 0.6 is 23.5 Å². The average molecular weight is 693 g/mol. The number of aromatic nitrogens is 2. The number of nitrogens with zero attached hydrogens (tertiary/aromatic N) is 4. The third-order valence-electron chi connectivity index (χ3n) is 7.74. The number of allylic oxidation sites excluding steroid dienone is 1. The predicted molar refractivity (Wildman–Crippen MR) is 212 cm³/mol. The molecule has 0 bridgehead atoms. The number of aromatic hydroxyl groups is 2. The van der Waals surface area contributed by atoms with Crippen LogP contribution < -0.4 is 0 Å². The molecule has 2 unspecified atom stereocenters. The second kappa shape index (κ2) is 19.3. The zero-order chi connectivity index (χ0) is 36.1. The van der Waals surface area contributed by atoms with Crippen LogP contribution in [0.25, 0.3) is 11.4 Å². The van der Waals surface area contributed by atoms with E-state index in [1.807, 2.05) is 67.7 Å². The zero-order valence-electron chi connectivity index (χ0n) is 31.5. The minimum atomic E-state index is -0.238. The summed E-state index contributed by atoms with van der Waals surface area (Å²) in [6, 6.07) is 10.2. The zero-order valence-corrected chi connectivity index (χ0v) is 33.1. The van der Waals surface area contributed by atoms with Gasteiger partial charge in [-0.25, -0.2) is 9.97 Å². The number of phenolic OH excluding ortho intramolecular Hbond substituents is 2. The fraction of sp³-hybridized carbons (Fsp3) is 0.525. The largest absolute Gasteiger partial charge is 0.507 e. The Morgan fingerprint density at radius 3 is 1.94 bits per heavy atom. The Morgan fingerprint density at radius 2 is 1.40 bits per heavy atom. The van der Waals surface area contributed by atoms with Crippen LogP contribution in [-0.2, 0) is 22.3 Å². The lowest BCUT2D eigenvalue weighted by molar-refractivity contribution is 0.331. The molecule has 2 aromatic carbocycles. The first-order valence-corrected chi connectivity index (χ1v) is 19.5. The van der Waals surface area contributed by atoms with Crippen molar-refractivity contribution >= 4 is 29.7 Å². The van der Waals surface area contributed by atoms with Crippen molar-refractivity contribution in [1.82, 2.24) is 14.9 Å². The number of benzene rings is 2. The normalized spacial score (nSPS) is 14.9. The molecule has 0 radical (unpaired) electrons. The van der Waals surface area contributed by atoms with Crippen LogP contribution in [0, 0.1) is 0 Å². The maximum absolute atomic E-state index is 11.4. The second-order valence-electron chi connectivity index (χ2n) is 13.9. The Bertz CT molecular complexity index is 1480. The van der Waals surface area contributed by atoms with E-state index in [0.29, 0.717) is 28.1 Å². The molecule has 1 aromatic heterocycles. The second-order valence-corrected chi connectivity index (χ2v) is 16.2. The number of hydrogen-bond acceptors (Lipinski definition) is 8. The number of thioether (sulfide) groups is 2. The van der Waals surface area contributed by atoms with Crippen molar-refractivity contribution in [2.75, 3.05) is 12.8 Å². The Labute approximate surface area is 300 Å². The van der Waals surface area contributed by atoms with Gasteiger partial charge in [0.15, 0.2) is 5.82 Å². The summed E-state index contributed by atoms with van der Waals surface area (Å²) < 4.78 is 0. The minimum absolute atomic E-state index is 0.0519. The maximum Gasteiger partial charge on any atom is 0.162 e. The van der Waals surface area contributed by atoms with Crippen molar-refractivity contribution in [2.45, 2.75) is 123 Å². The SMILES string of the molecule is CC.CCC.CCC(CSCc1cc(C(C)(C)C)cc(C2N=CC=CN2C)c1O)SCc1cc(C(C)(C)C)cc(-c2ncccn2)c1O. The van der Waals surface area contributed by atoms with Gasteiger partial charge in [0.05, 0.1) is 5.56 Å². The molecule has 4 rings (SSSR count). The van der Waals surface area contributed by atoms with Gasteiger partial charge in [0, 0.05) is 71.1 Å². The van der Waals surface area contributed by atoms with Crippen LogP contribution in [0.2, 0.25) is 0 Å². The van der Waals surface area contributed by atoms with Gasteiger partial charge in [0.2, 0.25) is 0 Å². The molecule has 2 N–H and O–H groups in total. The molecule has 8 heteroatoms. The summed E-state index contributed by atoms with van der Waals surface area (Å²) in [5.41, 5.74) is 5.61. The molecular weight excluding hydrogens is 633 g/mol. The molecular formula is C40H60N4O2S2. The first kappa shape index (κ1) is 41.2. The maximum atomic E-state index is 11.4. The monoisotopic (exact) mass is 692 g/mol. The van der Waals surface area contributed by atoms with Crippen molar-refractivity contribution in [3.63, 3.8) is 0 Å². The Kier molecular flexibility index (Phi) is 16.5. The fourth-order valence-corrected chi connectivity index (χ4v) is 7.49. The molecule has 3 aromatic rings. The van der Waals surface area contributed by atoms with E-state index in [2.05, 4.69) is 95.5 Å². The molecule has 0 spiro atoms. The lowest BCUT2D eigenvalue weighted by atomic mass is 9.84. The van der Waals surface area contributed by atoms with Gasteiger partial charge in [-0.15, -0.1) is 0 Å². The van der Waals surface area contributed by atoms with Crippen LogP contribution in [0.1, 0.15) is 123 Å². The van der Waals surface area contributed by atoms with Gasteiger partial charge in [0.1, 0.15) is 17.7 Å². The summed E-state index contributed by atoms with van der Waals surface area (Å²) in [6.45, 7) is 23.6. The number of rotatable bonds is 10. The topological polar surface area (TPSA) is 81.8 Å². The molecule has 0 saturated carbocycles. The van der Waals surface area contributed by atoms with Gasteiger partial charge in [-0.2, -0.15) is 23.5 Å². The van der Waals surface area contributed by atoms with E-state index >= 15 is 0 Å². The quantitative estimate of drug-likeness (QED) is 0.219. The molecule has 2 heterocycles. The van der Waals surface area contributed by atoms with E-state index in [0.717, 1.165) is 40.2 Å². The van der Waals surface area contributed by atoms with Gasteiger partial charge < -0.3 is 15.1 Å². The third-order valence-corrected chi connectivity index (χ3v) is 10.5. The van der Waals surface area contributed by atoms with E-state index in [9.17, 15) is 10.2 Å². The first-order valence-electron chi connectivity index (χ1n) is 17.3. The summed E-state index contributed by atoms with van der Waals surface area (Å²) in [4.78, 5) is 15.5. The molecule has 0 aliphatic carbocycles. The Balaban J connectivity index is 0.00000151. The van der Waals surface area contributed by atoms with Gasteiger partial charge >= 0.3 is 0 Å². The molecule has 48 heavy (non-hydrogen) atoms. The van der Waals surface area contributed by atoms with Crippen molar-refractivity contribution in [3.8, 4) is 22.9 Å². The molecule has 0 saturated heterocycles. The summed E-state index contributed by atoms with van der Waals surface area (Å²) in [5, 5.41) is 23.1. The van der Waals surface area contributed by atoms with E-state index < -0.39 is 0 Å². The summed E-state index contributed by atoms with van der Waals surface area (Å²) in [7, 11) is 1.99. The average Bonchev–Trinajstić information content (AvgIpc) is 3.05. The van der Waals surface area contributed by atoms with Gasteiger partial charge in [-0.3, -0.25) is 4.99 Å². The smallest absolute Gasteiger partial charge is 0.162 e. The van der Waals surface area contributed by atoms with Crippen LogP contribution in [0.4, 0.5) is 0 Å². The highest BCUT2D eigenvalue weighted by Gasteiger charge is 2.26. The van der Waals surface area contributed by atoms with Crippen molar-refractivity contribution in [3.05, 3.63) is 82.8 Å². The van der Waals surface area contributed by atoms with Gasteiger partial charge in [0.25, 0.3) is 0 Å². The van der Waals surface area contributed by atoms with Crippen LogP contribution in [-0.4, -0.2) is 49.3 Å². The third kappa shape index (κ3) is 11.6. The van der Waals surface area contributed by atoms with E-state index in [4.69, 9.17) is 0 Å². The Hall–Kier alpha value is -2.97. The lowest BCUT2D eigenvalue weighted by Gasteiger charge is -2.29. The fourth-order valence-electron chi connectivity index (χ4n) is 4.89. The minimum Gasteiger partial charge on any atom is -0.507 e. The van der Waals surface area contributed by atoms with Crippen molar-refractivity contribution < 1.29 is 10.2 Å². The predicted octanol–water partition coefficient (Wildman–Crippen LogP) is 11.1. The highest BCUT2D eigenvalue weighted by molar-refractivity contribution is 8.02. The summed E-state index contributed by atoms with van der Waals surface area (Å²) in [5.74, 6) is 3.49. The van der Waals surface area contributed by atoms with Gasteiger partial charge in [-0.05, 0) is 52.7 Å². The van der Waals surface area contributed by atoms with Crippen LogP contribution in [0.5, 0.6) is 11.5 Å². The molecule has 2 atom stereocenters. The number of hydrogen-bond donors (Lipinski definition) is 2. The number of aliphatic imine (C=N–C) groups is 1. The number of phenols is 2. The molecule has 264 valence electrons. The molecule has 6 nitrogen and oxygen atoms in total. The molecule has 0 fully saturated rings. The van der Waals surface area contributed by atoms with E-state index in [1.165, 1.54) is 12.0 Å². The Morgan fingerprint density at radius 1 is 0.833 bits per heavy atom. The summed E-state index contributed by atoms with van der Waals surface area (Å²) >= 11 is 3.71. The van der Waals surface area contributed by atoms with E-state index in [-0.39, 0.29) is 22.7 Å². The van der Waals surface area contributed by atoms with Crippen LogP contribution in [0.15, 0.2) is 60.0 Å². The summed E-state index contributed by atoms with van der Waals surface area (Å²) in [6.07, 6.45) is 11.1. The van der Waals surface area contributed by atoms with Gasteiger partial charge in [-0.1, -0.05) is 94.7 Å². The molecule has 0 amide bonds. The van der Waals surface area contributed by atoms with E-state index in [1.54, 1.807) is 24.7 Å². The highest BCUT2D eigenvalue weighted by atomic mass is 32.2. The van der Waals surface area contributed by atoms with Crippen LogP contribution in [0.3, 0.4) is 0 Å². The van der Waals surface area contributed by atoms with Crippen molar-refractivity contribution in [2.24, 2.45) is 4.99 Å². The molecule has 1 aliphatic heterocycles. The standard InChI is InChI=1S/C35H46N4O2S2.C3H8.C2H6/c1-9-27(43-21-24-17-25(34(2,3)4)18-28(30(24)40)32-36-12-10-13-37-32)22-42-20-23-16-26(35(5,6)7)19-29(31(23)41)33-38-14-11-15-39(33)8;1-3-2;1-2/h10-19,27,33,40-41H,9,20-22H2,1-8H3;3H2,1-2H3;1-2H3. The molecule has 1 aliphatic rings.